The van der Waals surface area contributed by atoms with Crippen molar-refractivity contribution in [1.29, 1.82) is 0 Å². The topological polar surface area (TPSA) is 59.6 Å². The Morgan fingerprint density at radius 1 is 1.77 bits per heavy atom. The monoisotopic (exact) mass is 186 g/mol. The van der Waals surface area contributed by atoms with Crippen molar-refractivity contribution in [3.63, 3.8) is 0 Å². The van der Waals surface area contributed by atoms with E-state index in [0.717, 1.165) is 6.42 Å². The second kappa shape index (κ2) is 5.69. The zero-order valence-electron chi connectivity index (χ0n) is 7.41. The second-order valence-electron chi connectivity index (χ2n) is 2.81. The van der Waals surface area contributed by atoms with E-state index >= 15 is 0 Å². The van der Waals surface area contributed by atoms with Crippen molar-refractivity contribution in [2.75, 3.05) is 13.2 Å². The fourth-order valence-electron chi connectivity index (χ4n) is 1.02. The Kier molecular flexibility index (Phi) is 4.45. The Hall–Kier alpha value is -0.910. The van der Waals surface area contributed by atoms with Crippen LogP contribution < -0.4 is 10.8 Å². The number of hydroxylamine groups is 1. The summed E-state index contributed by atoms with van der Waals surface area (Å²) in [6.07, 6.45) is 2.82. The molecule has 1 atom stereocenters. The molecule has 0 aromatic heterocycles. The minimum Gasteiger partial charge on any atom is -0.353 e. The van der Waals surface area contributed by atoms with E-state index in [4.69, 9.17) is 0 Å². The van der Waals surface area contributed by atoms with Crippen LogP contribution in [-0.4, -0.2) is 25.1 Å². The summed E-state index contributed by atoms with van der Waals surface area (Å²) in [5.74, 6) is -0.0112. The lowest BCUT2D eigenvalue weighted by Crippen LogP contribution is -2.39. The highest BCUT2D eigenvalue weighted by atomic mass is 17.3. The van der Waals surface area contributed by atoms with Crippen molar-refractivity contribution < 1.29 is 14.7 Å². The van der Waals surface area contributed by atoms with Crippen LogP contribution in [0.25, 0.3) is 0 Å². The van der Waals surface area contributed by atoms with Gasteiger partial charge in [0.15, 0.2) is 0 Å². The van der Waals surface area contributed by atoms with Gasteiger partial charge in [-0.05, 0) is 6.42 Å². The van der Waals surface area contributed by atoms with E-state index in [1.165, 1.54) is 0 Å². The average molecular weight is 186 g/mol. The van der Waals surface area contributed by atoms with Crippen LogP contribution in [0.5, 0.6) is 0 Å². The first kappa shape index (κ1) is 10.2. The number of rotatable bonds is 4. The molecule has 0 aromatic rings. The van der Waals surface area contributed by atoms with Crippen LogP contribution >= 0.6 is 0 Å². The molecule has 1 rings (SSSR count). The number of carbonyl (C=O) groups is 1. The third-order valence-corrected chi connectivity index (χ3v) is 1.70. The molecule has 1 aliphatic heterocycles. The Morgan fingerprint density at radius 3 is 3.23 bits per heavy atom. The van der Waals surface area contributed by atoms with Crippen LogP contribution in [0.1, 0.15) is 12.8 Å². The van der Waals surface area contributed by atoms with Crippen LogP contribution in [-0.2, 0) is 14.7 Å². The van der Waals surface area contributed by atoms with E-state index in [9.17, 15) is 4.79 Å². The van der Waals surface area contributed by atoms with Gasteiger partial charge in [0.2, 0.25) is 5.91 Å². The maximum atomic E-state index is 11.2. The highest BCUT2D eigenvalue weighted by Crippen LogP contribution is 2.03. The normalized spacial score (nSPS) is 22.3. The quantitative estimate of drug-likeness (QED) is 0.475. The van der Waals surface area contributed by atoms with E-state index < -0.39 is 0 Å². The van der Waals surface area contributed by atoms with E-state index in [1.807, 2.05) is 0 Å². The highest BCUT2D eigenvalue weighted by molar-refractivity contribution is 5.76. The lowest BCUT2D eigenvalue weighted by Gasteiger charge is -2.20. The van der Waals surface area contributed by atoms with Crippen LogP contribution in [0.3, 0.4) is 0 Å². The molecule has 13 heavy (non-hydrogen) atoms. The molecule has 5 nitrogen and oxygen atoms in total. The fourth-order valence-corrected chi connectivity index (χ4v) is 1.02. The number of nitrogens with one attached hydrogen (secondary N) is 2. The van der Waals surface area contributed by atoms with Crippen molar-refractivity contribution in [2.45, 2.75) is 18.9 Å². The third-order valence-electron chi connectivity index (χ3n) is 1.70. The summed E-state index contributed by atoms with van der Waals surface area (Å²) in [4.78, 5) is 20.3. The average Bonchev–Trinajstić information content (AvgIpc) is 2.16. The molecule has 1 fully saturated rings. The number of amides is 1. The van der Waals surface area contributed by atoms with Gasteiger partial charge in [0.25, 0.3) is 0 Å². The van der Waals surface area contributed by atoms with Crippen molar-refractivity contribution >= 4 is 5.91 Å². The largest absolute Gasteiger partial charge is 0.353 e. The molecule has 0 spiro atoms. The zero-order valence-corrected chi connectivity index (χ0v) is 7.41. The minimum absolute atomic E-state index is 0.0112. The molecule has 1 saturated heterocycles. The van der Waals surface area contributed by atoms with Crippen LogP contribution in [0.4, 0.5) is 0 Å². The Bertz CT molecular complexity index is 178. The molecule has 0 aromatic carbocycles. The Morgan fingerprint density at radius 2 is 2.62 bits per heavy atom. The molecule has 5 heteroatoms. The molecule has 2 N–H and O–H groups in total. The Balaban J connectivity index is 2.14. The summed E-state index contributed by atoms with van der Waals surface area (Å²) in [5.41, 5.74) is 2.62. The van der Waals surface area contributed by atoms with Crippen molar-refractivity contribution in [3.05, 3.63) is 12.7 Å². The summed E-state index contributed by atoms with van der Waals surface area (Å²) in [6, 6.07) is 0.0403. The van der Waals surface area contributed by atoms with Gasteiger partial charge in [0, 0.05) is 19.0 Å². The summed E-state index contributed by atoms with van der Waals surface area (Å²) in [5, 5.41) is 2.69. The first-order valence-corrected chi connectivity index (χ1v) is 4.24. The van der Waals surface area contributed by atoms with Crippen LogP contribution in [0.15, 0.2) is 12.7 Å². The molecule has 0 aliphatic carbocycles. The van der Waals surface area contributed by atoms with Gasteiger partial charge in [-0.15, -0.1) is 11.6 Å². The van der Waals surface area contributed by atoms with Gasteiger partial charge in [0.1, 0.15) is 0 Å². The molecule has 1 heterocycles. The molecule has 0 saturated carbocycles. The number of carbonyl (C=O) groups excluding carboxylic acids is 1. The summed E-state index contributed by atoms with van der Waals surface area (Å²) < 4.78 is 0. The molecule has 1 aliphatic rings. The number of hydrogen-bond donors (Lipinski definition) is 2. The first-order valence-electron chi connectivity index (χ1n) is 4.24. The van der Waals surface area contributed by atoms with Gasteiger partial charge in [-0.3, -0.25) is 4.79 Å². The predicted molar refractivity (Wildman–Crippen MR) is 46.4 cm³/mol. The number of hydrogen-bond acceptors (Lipinski definition) is 4. The molecule has 0 radical (unpaired) electrons. The summed E-state index contributed by atoms with van der Waals surface area (Å²) >= 11 is 0. The Labute approximate surface area is 77.0 Å². The van der Waals surface area contributed by atoms with Crippen LogP contribution in [0.2, 0.25) is 0 Å². The smallest absolute Gasteiger partial charge is 0.221 e. The zero-order chi connectivity index (χ0) is 9.52. The molecule has 0 bridgehead atoms. The van der Waals surface area contributed by atoms with Gasteiger partial charge >= 0.3 is 0 Å². The van der Waals surface area contributed by atoms with Crippen LogP contribution in [0, 0.1) is 0 Å². The first-order chi connectivity index (χ1) is 6.33. The molecule has 74 valence electrons. The van der Waals surface area contributed by atoms with E-state index in [1.54, 1.807) is 6.08 Å². The van der Waals surface area contributed by atoms with Gasteiger partial charge in [-0.2, -0.15) is 5.48 Å². The lowest BCUT2D eigenvalue weighted by molar-refractivity contribution is -0.364. The SMILES string of the molecule is C=CCNC(=O)CC1CCOON1. The van der Waals surface area contributed by atoms with E-state index in [0.29, 0.717) is 19.6 Å². The lowest BCUT2D eigenvalue weighted by atomic mass is 10.1. The van der Waals surface area contributed by atoms with Gasteiger partial charge < -0.3 is 5.32 Å². The fraction of sp³-hybridized carbons (Fsp3) is 0.625. The standard InChI is InChI=1S/C8H14N2O3/c1-2-4-9-8(11)6-7-3-5-12-13-10-7/h2,7,10H,1,3-6H2,(H,9,11). The van der Waals surface area contributed by atoms with Crippen molar-refractivity contribution in [2.24, 2.45) is 0 Å². The maximum Gasteiger partial charge on any atom is 0.221 e. The van der Waals surface area contributed by atoms with E-state index in [-0.39, 0.29) is 11.9 Å². The van der Waals surface area contributed by atoms with Crippen molar-refractivity contribution in [3.8, 4) is 0 Å². The molecule has 1 amide bonds. The maximum absolute atomic E-state index is 11.2. The second-order valence-corrected chi connectivity index (χ2v) is 2.81. The van der Waals surface area contributed by atoms with Crippen molar-refractivity contribution in [1.82, 2.24) is 10.8 Å². The minimum atomic E-state index is -0.0112. The third kappa shape index (κ3) is 4.02. The van der Waals surface area contributed by atoms with Gasteiger partial charge in [-0.25, -0.2) is 4.89 Å². The predicted octanol–water partition coefficient (Wildman–Crippen LogP) is -0.0962. The van der Waals surface area contributed by atoms with Gasteiger partial charge in [-0.1, -0.05) is 6.08 Å². The van der Waals surface area contributed by atoms with E-state index in [2.05, 4.69) is 27.3 Å². The highest BCUT2D eigenvalue weighted by Gasteiger charge is 2.17. The summed E-state index contributed by atoms with van der Waals surface area (Å²) in [6.45, 7) is 4.53. The van der Waals surface area contributed by atoms with Gasteiger partial charge in [0.05, 0.1) is 6.61 Å². The molecular formula is C8H14N2O3. The molecular weight excluding hydrogens is 172 g/mol. The summed E-state index contributed by atoms with van der Waals surface area (Å²) in [7, 11) is 0. The molecule has 1 unspecified atom stereocenters.